The average Bonchev–Trinajstić information content (AvgIpc) is 3.56. The minimum atomic E-state index is -0.0104. The van der Waals surface area contributed by atoms with Crippen molar-refractivity contribution in [1.29, 1.82) is 0 Å². The van der Waals surface area contributed by atoms with Gasteiger partial charge in [0, 0.05) is 30.6 Å². The molecule has 0 aliphatic carbocycles. The molecule has 1 amide bonds. The van der Waals surface area contributed by atoms with Crippen molar-refractivity contribution in [1.82, 2.24) is 9.55 Å². The Morgan fingerprint density at radius 1 is 1.03 bits per heavy atom. The van der Waals surface area contributed by atoms with E-state index in [9.17, 15) is 4.79 Å². The second kappa shape index (κ2) is 8.41. The molecular weight excluding hydrogens is 430 g/mol. The number of carbonyl (C=O) groups is 1. The SMILES string of the molecule is Cc1ccccc1OCCn1c(C2CC(=O)N(c3ccc4c(c3)OCO4)C2)nc2ccccc21. The van der Waals surface area contributed by atoms with E-state index in [-0.39, 0.29) is 18.6 Å². The largest absolute Gasteiger partial charge is 0.491 e. The van der Waals surface area contributed by atoms with Gasteiger partial charge in [0.2, 0.25) is 12.7 Å². The van der Waals surface area contributed by atoms with Gasteiger partial charge in [-0.2, -0.15) is 0 Å². The summed E-state index contributed by atoms with van der Waals surface area (Å²) in [6.07, 6.45) is 0.413. The van der Waals surface area contributed by atoms with Crippen LogP contribution in [-0.4, -0.2) is 35.4 Å². The van der Waals surface area contributed by atoms with Crippen LogP contribution in [0, 0.1) is 6.92 Å². The van der Waals surface area contributed by atoms with Gasteiger partial charge in [0.15, 0.2) is 11.5 Å². The number of anilines is 1. The van der Waals surface area contributed by atoms with Crippen molar-refractivity contribution in [2.24, 2.45) is 0 Å². The molecule has 7 heteroatoms. The quantitative estimate of drug-likeness (QED) is 0.423. The molecule has 0 saturated carbocycles. The maximum atomic E-state index is 13.0. The predicted molar refractivity (Wildman–Crippen MR) is 129 cm³/mol. The Balaban J connectivity index is 1.26. The third-order valence-corrected chi connectivity index (χ3v) is 6.51. The molecule has 1 aromatic heterocycles. The monoisotopic (exact) mass is 455 g/mol. The second-order valence-electron chi connectivity index (χ2n) is 8.67. The van der Waals surface area contributed by atoms with E-state index in [4.69, 9.17) is 19.2 Å². The van der Waals surface area contributed by atoms with Crippen molar-refractivity contribution >= 4 is 22.6 Å². The Hall–Kier alpha value is -4.00. The van der Waals surface area contributed by atoms with Crippen molar-refractivity contribution < 1.29 is 19.0 Å². The van der Waals surface area contributed by atoms with Crippen LogP contribution in [0.15, 0.2) is 66.7 Å². The fourth-order valence-corrected chi connectivity index (χ4v) is 4.79. The number of amides is 1. The highest BCUT2D eigenvalue weighted by Gasteiger charge is 2.35. The van der Waals surface area contributed by atoms with Crippen LogP contribution in [0.4, 0.5) is 5.69 Å². The Morgan fingerprint density at radius 2 is 1.85 bits per heavy atom. The first-order valence-corrected chi connectivity index (χ1v) is 11.5. The van der Waals surface area contributed by atoms with Crippen LogP contribution in [0.1, 0.15) is 23.7 Å². The number of carbonyl (C=O) groups excluding carboxylic acids is 1. The summed E-state index contributed by atoms with van der Waals surface area (Å²) in [5.41, 5.74) is 3.92. The number of aryl methyl sites for hydroxylation is 1. The lowest BCUT2D eigenvalue weighted by Crippen LogP contribution is -2.24. The van der Waals surface area contributed by atoms with Crippen LogP contribution < -0.4 is 19.1 Å². The number of nitrogens with zero attached hydrogens (tertiary/aromatic N) is 3. The zero-order valence-corrected chi connectivity index (χ0v) is 18.9. The Morgan fingerprint density at radius 3 is 2.76 bits per heavy atom. The van der Waals surface area contributed by atoms with Crippen LogP contribution in [-0.2, 0) is 11.3 Å². The molecule has 0 spiro atoms. The van der Waals surface area contributed by atoms with Crippen molar-refractivity contribution in [2.75, 3.05) is 24.8 Å². The predicted octanol–water partition coefficient (Wildman–Crippen LogP) is 4.67. The van der Waals surface area contributed by atoms with E-state index in [2.05, 4.69) is 10.6 Å². The summed E-state index contributed by atoms with van der Waals surface area (Å²) < 4.78 is 19.2. The molecule has 2 aliphatic heterocycles. The third-order valence-electron chi connectivity index (χ3n) is 6.51. The summed E-state index contributed by atoms with van der Waals surface area (Å²) in [5, 5.41) is 0. The van der Waals surface area contributed by atoms with E-state index < -0.39 is 0 Å². The molecule has 6 rings (SSSR count). The zero-order valence-electron chi connectivity index (χ0n) is 18.9. The van der Waals surface area contributed by atoms with E-state index in [0.717, 1.165) is 33.9 Å². The highest BCUT2D eigenvalue weighted by atomic mass is 16.7. The number of hydrogen-bond acceptors (Lipinski definition) is 5. The molecule has 3 aromatic carbocycles. The van der Waals surface area contributed by atoms with Gasteiger partial charge in [0.1, 0.15) is 18.2 Å². The maximum Gasteiger partial charge on any atom is 0.231 e. The number of aromatic nitrogens is 2. The van der Waals surface area contributed by atoms with E-state index in [0.29, 0.717) is 37.6 Å². The summed E-state index contributed by atoms with van der Waals surface area (Å²) in [6.45, 7) is 4.00. The first-order valence-electron chi connectivity index (χ1n) is 11.5. The summed E-state index contributed by atoms with van der Waals surface area (Å²) in [4.78, 5) is 19.8. The summed E-state index contributed by atoms with van der Waals surface area (Å²) in [7, 11) is 0. The van der Waals surface area contributed by atoms with Gasteiger partial charge in [0.25, 0.3) is 0 Å². The lowest BCUT2D eigenvalue weighted by Gasteiger charge is -2.18. The number of benzene rings is 3. The molecule has 4 aromatic rings. The number of rotatable bonds is 6. The molecule has 0 radical (unpaired) electrons. The molecule has 0 bridgehead atoms. The van der Waals surface area contributed by atoms with E-state index in [1.54, 1.807) is 0 Å². The van der Waals surface area contributed by atoms with Gasteiger partial charge in [-0.05, 0) is 42.8 Å². The Bertz CT molecular complexity index is 1380. The first kappa shape index (κ1) is 20.6. The van der Waals surface area contributed by atoms with E-state index in [1.807, 2.05) is 72.5 Å². The van der Waals surface area contributed by atoms with Gasteiger partial charge in [-0.3, -0.25) is 4.79 Å². The zero-order chi connectivity index (χ0) is 23.1. The van der Waals surface area contributed by atoms with Crippen LogP contribution in [0.25, 0.3) is 11.0 Å². The number of ether oxygens (including phenoxy) is 3. The van der Waals surface area contributed by atoms with Crippen LogP contribution in [0.5, 0.6) is 17.2 Å². The number of para-hydroxylation sites is 3. The standard InChI is InChI=1S/C27H25N3O4/c1-18-6-2-5-9-23(18)32-13-12-29-22-8-4-3-7-21(22)28-27(29)19-14-26(31)30(16-19)20-10-11-24-25(15-20)34-17-33-24/h2-11,15,19H,12-14,16-17H2,1H3. The molecule has 34 heavy (non-hydrogen) atoms. The van der Waals surface area contributed by atoms with Crippen molar-refractivity contribution in [3.8, 4) is 17.2 Å². The van der Waals surface area contributed by atoms with Gasteiger partial charge in [0.05, 0.1) is 17.6 Å². The number of hydrogen-bond donors (Lipinski definition) is 0. The van der Waals surface area contributed by atoms with Crippen LogP contribution in [0.3, 0.4) is 0 Å². The Kier molecular flexibility index (Phi) is 5.09. The van der Waals surface area contributed by atoms with Gasteiger partial charge >= 0.3 is 0 Å². The van der Waals surface area contributed by atoms with Gasteiger partial charge in [-0.25, -0.2) is 4.98 Å². The highest BCUT2D eigenvalue weighted by molar-refractivity contribution is 5.97. The lowest BCUT2D eigenvalue weighted by molar-refractivity contribution is -0.117. The molecule has 2 aliphatic rings. The number of imidazole rings is 1. The van der Waals surface area contributed by atoms with E-state index in [1.165, 1.54) is 0 Å². The van der Waals surface area contributed by atoms with Crippen molar-refractivity contribution in [3.63, 3.8) is 0 Å². The molecule has 0 N–H and O–H groups in total. The highest BCUT2D eigenvalue weighted by Crippen LogP contribution is 2.39. The van der Waals surface area contributed by atoms with Crippen molar-refractivity contribution in [2.45, 2.75) is 25.8 Å². The van der Waals surface area contributed by atoms with Crippen LogP contribution >= 0.6 is 0 Å². The fraction of sp³-hybridized carbons (Fsp3) is 0.259. The van der Waals surface area contributed by atoms with Crippen molar-refractivity contribution in [3.05, 3.63) is 78.1 Å². The Labute approximate surface area is 197 Å². The van der Waals surface area contributed by atoms with Crippen LogP contribution in [0.2, 0.25) is 0 Å². The number of fused-ring (bicyclic) bond motifs is 2. The molecule has 3 heterocycles. The smallest absolute Gasteiger partial charge is 0.231 e. The lowest BCUT2D eigenvalue weighted by atomic mass is 10.1. The normalized spacial score (nSPS) is 17.0. The fourth-order valence-electron chi connectivity index (χ4n) is 4.79. The molecule has 1 unspecified atom stereocenters. The maximum absolute atomic E-state index is 13.0. The third kappa shape index (κ3) is 3.63. The first-order chi connectivity index (χ1) is 16.7. The summed E-state index contributed by atoms with van der Waals surface area (Å²) in [5.74, 6) is 3.27. The molecule has 1 saturated heterocycles. The topological polar surface area (TPSA) is 65.8 Å². The van der Waals surface area contributed by atoms with Gasteiger partial charge < -0.3 is 23.7 Å². The van der Waals surface area contributed by atoms with Gasteiger partial charge in [-0.1, -0.05) is 30.3 Å². The molecule has 172 valence electrons. The molecular formula is C27H25N3O4. The van der Waals surface area contributed by atoms with Gasteiger partial charge in [-0.15, -0.1) is 0 Å². The average molecular weight is 456 g/mol. The summed E-state index contributed by atoms with van der Waals surface area (Å²) >= 11 is 0. The molecule has 1 fully saturated rings. The van der Waals surface area contributed by atoms with E-state index >= 15 is 0 Å². The molecule has 1 atom stereocenters. The molecule has 7 nitrogen and oxygen atoms in total. The second-order valence-corrected chi connectivity index (χ2v) is 8.67. The minimum Gasteiger partial charge on any atom is -0.491 e. The minimum absolute atomic E-state index is 0.0104. The summed E-state index contributed by atoms with van der Waals surface area (Å²) in [6, 6.07) is 21.8.